The number of aromatic nitrogens is 4. The van der Waals surface area contributed by atoms with Crippen molar-refractivity contribution in [2.24, 2.45) is 0 Å². The Morgan fingerprint density at radius 1 is 1.04 bits per heavy atom. The Morgan fingerprint density at radius 3 is 2.67 bits per heavy atom. The van der Waals surface area contributed by atoms with Crippen molar-refractivity contribution in [2.45, 2.75) is 44.7 Å². The van der Waals surface area contributed by atoms with Crippen molar-refractivity contribution in [1.29, 1.82) is 0 Å². The van der Waals surface area contributed by atoms with E-state index in [9.17, 15) is 14.3 Å². The lowest BCUT2D eigenvalue weighted by Crippen LogP contribution is -2.30. The molecule has 11 nitrogen and oxygen atoms in total. The maximum atomic E-state index is 14.8. The first-order valence-electron chi connectivity index (χ1n) is 16.4. The molecule has 1 N–H and O–H groups in total. The highest BCUT2D eigenvalue weighted by Crippen LogP contribution is 2.45. The topological polar surface area (TPSA) is 135 Å². The summed E-state index contributed by atoms with van der Waals surface area (Å²) in [5, 5.41) is 10.8. The molecule has 0 saturated carbocycles. The Bertz CT molecular complexity index is 2210. The third kappa shape index (κ3) is 7.83. The molecule has 1 unspecified atom stereocenters. The van der Waals surface area contributed by atoms with Crippen molar-refractivity contribution in [3.05, 3.63) is 107 Å². The second kappa shape index (κ2) is 16.0. The van der Waals surface area contributed by atoms with Crippen LogP contribution in [0.25, 0.3) is 32.0 Å². The lowest BCUT2D eigenvalue weighted by atomic mass is 10.1. The number of methoxy groups -OCH3 is 1. The predicted molar refractivity (Wildman–Crippen MR) is 195 cm³/mol. The number of rotatable bonds is 13. The van der Waals surface area contributed by atoms with Crippen molar-refractivity contribution in [2.75, 3.05) is 13.7 Å². The Morgan fingerprint density at radius 2 is 1.87 bits per heavy atom. The molecule has 3 aromatic carbocycles. The van der Waals surface area contributed by atoms with Crippen molar-refractivity contribution < 1.29 is 38.0 Å². The number of carboxylic acid groups (broad SMARTS) is 1. The Hall–Kier alpha value is -5.18. The summed E-state index contributed by atoms with van der Waals surface area (Å²) >= 11 is 4.99. The van der Waals surface area contributed by atoms with Crippen LogP contribution in [0.5, 0.6) is 23.1 Å². The van der Waals surface area contributed by atoms with Crippen LogP contribution in [0.4, 0.5) is 4.39 Å². The molecule has 14 heteroatoms. The number of aliphatic carboxylic acids is 1. The van der Waals surface area contributed by atoms with E-state index >= 15 is 0 Å². The first-order valence-corrected chi connectivity index (χ1v) is 18.1. The van der Waals surface area contributed by atoms with Gasteiger partial charge in [0.05, 0.1) is 39.7 Å². The van der Waals surface area contributed by atoms with Gasteiger partial charge in [-0.1, -0.05) is 36.4 Å². The molecule has 0 bridgehead atoms. The molecule has 4 heterocycles. The lowest BCUT2D eigenvalue weighted by Gasteiger charge is -2.23. The van der Waals surface area contributed by atoms with E-state index in [-0.39, 0.29) is 24.7 Å². The molecule has 1 aliphatic heterocycles. The first kappa shape index (κ1) is 35.2. The average Bonchev–Trinajstić information content (AvgIpc) is 3.52. The Kier molecular flexibility index (Phi) is 10.8. The van der Waals surface area contributed by atoms with Crippen LogP contribution in [-0.4, -0.2) is 57.1 Å². The molecule has 7 rings (SSSR count). The van der Waals surface area contributed by atoms with Gasteiger partial charge in [0.15, 0.2) is 23.7 Å². The van der Waals surface area contributed by atoms with Crippen LogP contribution < -0.4 is 18.9 Å². The number of thiophene rings is 1. The number of para-hydroxylation sites is 2. The number of hydrogen-bond acceptors (Lipinski definition) is 11. The van der Waals surface area contributed by atoms with E-state index < -0.39 is 24.2 Å². The van der Waals surface area contributed by atoms with Gasteiger partial charge in [-0.05, 0) is 76.3 Å². The summed E-state index contributed by atoms with van der Waals surface area (Å²) in [5.74, 6) is 0.112. The molecule has 6 aromatic rings. The maximum absolute atomic E-state index is 14.8. The number of hydrogen-bond donors (Lipinski definition) is 1. The van der Waals surface area contributed by atoms with E-state index in [0.29, 0.717) is 61.9 Å². The molecule has 266 valence electrons. The minimum Gasteiger partial charge on any atom is -0.496 e. The van der Waals surface area contributed by atoms with Crippen LogP contribution in [0.2, 0.25) is 0 Å². The number of nitrogens with zero attached hydrogens (tertiary/aromatic N) is 4. The summed E-state index contributed by atoms with van der Waals surface area (Å²) in [7, 11) is 1.59. The smallest absolute Gasteiger partial charge is 0.345 e. The Balaban J connectivity index is 1.10. The molecule has 2 atom stereocenters. The van der Waals surface area contributed by atoms with Gasteiger partial charge in [-0.15, -0.1) is 11.3 Å². The highest BCUT2D eigenvalue weighted by molar-refractivity contribution is 9.10. The van der Waals surface area contributed by atoms with E-state index in [0.717, 1.165) is 23.3 Å². The van der Waals surface area contributed by atoms with E-state index in [4.69, 9.17) is 23.7 Å². The van der Waals surface area contributed by atoms with Gasteiger partial charge in [0, 0.05) is 19.0 Å². The molecular formula is C38H32BrFN4O7S. The number of halogens is 2. The number of carboxylic acids is 1. The second-order valence-electron chi connectivity index (χ2n) is 11.8. The van der Waals surface area contributed by atoms with Crippen LogP contribution in [0.1, 0.15) is 30.5 Å². The molecule has 0 spiro atoms. The van der Waals surface area contributed by atoms with Crippen molar-refractivity contribution >= 4 is 43.5 Å². The number of benzene rings is 3. The fourth-order valence-electron chi connectivity index (χ4n) is 5.74. The molecule has 0 aliphatic carbocycles. The standard InChI is InChI=1S/C38H32BrFN4O7S/c1-47-28-11-5-3-9-25(28)35-41-16-15-24(44-35)20-49-27-10-4-2-8-22(27)18-30(38(45)46)51-36-32-33(39)34(52-37(32)43-21-42-36)23-13-14-26(40)29(19-23)50-31-12-6-7-17-48-31/h2-5,8-11,13-16,19,21,30-31H,6-7,12,17-18,20H2,1H3,(H,45,46)/t30-,31?/m1/s1. The molecule has 3 aromatic heterocycles. The van der Waals surface area contributed by atoms with E-state index in [2.05, 4.69) is 35.9 Å². The average molecular weight is 788 g/mol. The summed E-state index contributed by atoms with van der Waals surface area (Å²) in [6.45, 7) is 0.682. The lowest BCUT2D eigenvalue weighted by molar-refractivity contribution is -0.145. The highest BCUT2D eigenvalue weighted by Gasteiger charge is 2.27. The number of fused-ring (bicyclic) bond motifs is 1. The molecule has 52 heavy (non-hydrogen) atoms. The molecule has 1 saturated heterocycles. The molecule has 0 radical (unpaired) electrons. The van der Waals surface area contributed by atoms with Gasteiger partial charge in [0.2, 0.25) is 12.0 Å². The summed E-state index contributed by atoms with van der Waals surface area (Å²) in [5.41, 5.74) is 2.66. The van der Waals surface area contributed by atoms with Crippen LogP contribution in [0.3, 0.4) is 0 Å². The van der Waals surface area contributed by atoms with Crippen molar-refractivity contribution in [3.63, 3.8) is 0 Å². The first-order chi connectivity index (χ1) is 25.4. The van der Waals surface area contributed by atoms with Gasteiger partial charge in [-0.3, -0.25) is 0 Å². The molecule has 1 fully saturated rings. The molecule has 1 aliphatic rings. The van der Waals surface area contributed by atoms with Gasteiger partial charge < -0.3 is 28.8 Å². The zero-order valence-corrected chi connectivity index (χ0v) is 30.2. The van der Waals surface area contributed by atoms with Gasteiger partial charge in [-0.25, -0.2) is 29.1 Å². The monoisotopic (exact) mass is 786 g/mol. The highest BCUT2D eigenvalue weighted by atomic mass is 79.9. The van der Waals surface area contributed by atoms with Crippen LogP contribution >= 0.6 is 27.3 Å². The summed E-state index contributed by atoms with van der Waals surface area (Å²) in [6, 6.07) is 21.0. The molecule has 0 amide bonds. The van der Waals surface area contributed by atoms with Crippen molar-refractivity contribution in [3.8, 4) is 45.0 Å². The SMILES string of the molecule is COc1ccccc1-c1nccc(COc2ccccc2C[C@@H](Oc2ncnc3sc(-c4ccc(F)c(OC5CCCCO5)c4)c(Br)c23)C(=O)O)n1. The van der Waals surface area contributed by atoms with Crippen LogP contribution in [0, 0.1) is 5.82 Å². The second-order valence-corrected chi connectivity index (χ2v) is 13.6. The minimum atomic E-state index is -1.32. The van der Waals surface area contributed by atoms with Gasteiger partial charge in [-0.2, -0.15) is 0 Å². The quantitative estimate of drug-likeness (QED) is 0.121. The minimum absolute atomic E-state index is 0.0241. The summed E-state index contributed by atoms with van der Waals surface area (Å²) < 4.78 is 44.6. The van der Waals surface area contributed by atoms with Gasteiger partial charge in [0.1, 0.15) is 29.3 Å². The molecular weight excluding hydrogens is 755 g/mol. The van der Waals surface area contributed by atoms with E-state index in [1.165, 1.54) is 23.7 Å². The van der Waals surface area contributed by atoms with Crippen molar-refractivity contribution in [1.82, 2.24) is 19.9 Å². The zero-order valence-electron chi connectivity index (χ0n) is 27.8. The third-order valence-corrected chi connectivity index (χ3v) is 10.5. The van der Waals surface area contributed by atoms with Crippen LogP contribution in [-0.2, 0) is 22.6 Å². The Labute approximate surface area is 310 Å². The zero-order chi connectivity index (χ0) is 36.0. The van der Waals surface area contributed by atoms with Crippen LogP contribution in [0.15, 0.2) is 89.8 Å². The fraction of sp³-hybridized carbons (Fsp3) is 0.237. The largest absolute Gasteiger partial charge is 0.496 e. The van der Waals surface area contributed by atoms with E-state index in [1.807, 2.05) is 30.3 Å². The maximum Gasteiger partial charge on any atom is 0.345 e. The third-order valence-electron chi connectivity index (χ3n) is 8.33. The van der Waals surface area contributed by atoms with Gasteiger partial charge in [0.25, 0.3) is 0 Å². The number of ether oxygens (including phenoxy) is 5. The normalized spacial score (nSPS) is 14.9. The predicted octanol–water partition coefficient (Wildman–Crippen LogP) is 8.28. The fourth-order valence-corrected chi connectivity index (χ4v) is 7.73. The van der Waals surface area contributed by atoms with E-state index in [1.54, 1.807) is 49.7 Å². The summed E-state index contributed by atoms with van der Waals surface area (Å²) in [6.07, 6.45) is 3.69. The summed E-state index contributed by atoms with van der Waals surface area (Å²) in [4.78, 5) is 31.7. The number of carbonyl (C=O) groups is 1. The van der Waals surface area contributed by atoms with Gasteiger partial charge >= 0.3 is 5.97 Å².